The normalized spacial score (nSPS) is 22.5. The summed E-state index contributed by atoms with van der Waals surface area (Å²) in [7, 11) is -3.47. The van der Waals surface area contributed by atoms with E-state index in [-0.39, 0.29) is 12.0 Å². The molecule has 25 heavy (non-hydrogen) atoms. The van der Waals surface area contributed by atoms with Crippen molar-refractivity contribution in [3.05, 3.63) is 48.4 Å². The molecule has 2 aromatic rings. The maximum absolute atomic E-state index is 12.9. The van der Waals surface area contributed by atoms with E-state index in [2.05, 4.69) is 0 Å². The van der Waals surface area contributed by atoms with Gasteiger partial charge < -0.3 is 9.15 Å². The number of furan rings is 1. The van der Waals surface area contributed by atoms with Crippen molar-refractivity contribution in [2.24, 2.45) is 0 Å². The Balaban J connectivity index is 1.45. The molecule has 2 heterocycles. The fourth-order valence-corrected chi connectivity index (χ4v) is 5.24. The number of rotatable bonds is 5. The number of benzene rings is 1. The molecule has 2 fully saturated rings. The van der Waals surface area contributed by atoms with Gasteiger partial charge in [0.2, 0.25) is 10.0 Å². The largest absolute Gasteiger partial charge is 0.490 e. The van der Waals surface area contributed by atoms with E-state index in [1.54, 1.807) is 34.8 Å². The number of hydrogen-bond donors (Lipinski definition) is 0. The second-order valence-electron chi connectivity index (χ2n) is 6.86. The third-order valence-corrected chi connectivity index (χ3v) is 7.04. The summed E-state index contributed by atoms with van der Waals surface area (Å²) >= 11 is 0. The van der Waals surface area contributed by atoms with Crippen LogP contribution in [-0.2, 0) is 10.0 Å². The zero-order valence-corrected chi connectivity index (χ0v) is 15.0. The Morgan fingerprint density at radius 2 is 1.80 bits per heavy atom. The van der Waals surface area contributed by atoms with Gasteiger partial charge in [-0.3, -0.25) is 0 Å². The van der Waals surface area contributed by atoms with Crippen LogP contribution in [0.1, 0.15) is 43.8 Å². The van der Waals surface area contributed by atoms with Gasteiger partial charge in [0, 0.05) is 19.0 Å². The molecule has 0 radical (unpaired) electrons. The molecule has 0 spiro atoms. The maximum atomic E-state index is 12.9. The Bertz CT molecular complexity index is 792. The van der Waals surface area contributed by atoms with Gasteiger partial charge in [0.05, 0.1) is 17.3 Å². The van der Waals surface area contributed by atoms with E-state index in [0.29, 0.717) is 18.0 Å². The maximum Gasteiger partial charge on any atom is 0.243 e. The van der Waals surface area contributed by atoms with Crippen LogP contribution in [0.3, 0.4) is 0 Å². The molecule has 0 N–H and O–H groups in total. The average Bonchev–Trinajstić information content (AvgIpc) is 3.36. The fraction of sp³-hybridized carbons (Fsp3) is 0.474. The molecular weight excluding hydrogens is 338 g/mol. The molecule has 1 aromatic heterocycles. The third-order valence-electron chi connectivity index (χ3n) is 5.16. The molecule has 2 aliphatic rings. The minimum absolute atomic E-state index is 0.134. The van der Waals surface area contributed by atoms with Gasteiger partial charge in [-0.15, -0.1) is 0 Å². The van der Waals surface area contributed by atoms with E-state index in [1.165, 1.54) is 12.8 Å². The van der Waals surface area contributed by atoms with Crippen LogP contribution in [0.5, 0.6) is 5.75 Å². The smallest absolute Gasteiger partial charge is 0.243 e. The standard InChI is InChI=1S/C19H23NO4S/c21-25(22,20-12-11-15(14-20)19-6-3-13-23-19)18-9-7-17(8-10-18)24-16-4-1-2-5-16/h3,6-10,13,15-16H,1-2,4-5,11-12,14H2. The van der Waals surface area contributed by atoms with Crippen molar-refractivity contribution >= 4 is 10.0 Å². The van der Waals surface area contributed by atoms with Crippen molar-refractivity contribution in [3.8, 4) is 5.75 Å². The van der Waals surface area contributed by atoms with Crippen molar-refractivity contribution in [2.75, 3.05) is 13.1 Å². The molecule has 1 saturated heterocycles. The lowest BCUT2D eigenvalue weighted by Gasteiger charge is -2.17. The lowest BCUT2D eigenvalue weighted by Crippen LogP contribution is -2.28. The number of hydrogen-bond acceptors (Lipinski definition) is 4. The summed E-state index contributed by atoms with van der Waals surface area (Å²) in [4.78, 5) is 0.325. The quantitative estimate of drug-likeness (QED) is 0.813. The Morgan fingerprint density at radius 1 is 1.04 bits per heavy atom. The molecule has 1 saturated carbocycles. The molecule has 4 rings (SSSR count). The highest BCUT2D eigenvalue weighted by atomic mass is 32.2. The van der Waals surface area contributed by atoms with Gasteiger partial charge >= 0.3 is 0 Å². The predicted octanol–water partition coefficient (Wildman–Crippen LogP) is 3.78. The highest BCUT2D eigenvalue weighted by molar-refractivity contribution is 7.89. The average molecular weight is 361 g/mol. The predicted molar refractivity (Wildman–Crippen MR) is 94.2 cm³/mol. The molecule has 5 nitrogen and oxygen atoms in total. The molecular formula is C19H23NO4S. The minimum atomic E-state index is -3.47. The molecule has 0 bridgehead atoms. The first kappa shape index (κ1) is 16.7. The highest BCUT2D eigenvalue weighted by Crippen LogP contribution is 2.32. The summed E-state index contributed by atoms with van der Waals surface area (Å²) in [6.07, 6.45) is 7.29. The first-order chi connectivity index (χ1) is 12.1. The topological polar surface area (TPSA) is 59.8 Å². The molecule has 1 aromatic carbocycles. The van der Waals surface area contributed by atoms with Gasteiger partial charge in [-0.1, -0.05) is 0 Å². The summed E-state index contributed by atoms with van der Waals surface area (Å²) in [5.41, 5.74) is 0. The van der Waals surface area contributed by atoms with Crippen LogP contribution in [0, 0.1) is 0 Å². The lowest BCUT2D eigenvalue weighted by molar-refractivity contribution is 0.210. The van der Waals surface area contributed by atoms with E-state index in [4.69, 9.17) is 9.15 Å². The van der Waals surface area contributed by atoms with Crippen molar-refractivity contribution in [2.45, 2.75) is 49.0 Å². The zero-order chi connectivity index (χ0) is 17.3. The number of ether oxygens (including phenoxy) is 1. The van der Waals surface area contributed by atoms with Crippen molar-refractivity contribution < 1.29 is 17.6 Å². The van der Waals surface area contributed by atoms with Gasteiger partial charge in [0.25, 0.3) is 0 Å². The molecule has 134 valence electrons. The van der Waals surface area contributed by atoms with Gasteiger partial charge in [-0.05, 0) is 68.5 Å². The Morgan fingerprint density at radius 3 is 2.48 bits per heavy atom. The Labute approximate surface area is 148 Å². The Kier molecular flexibility index (Phi) is 4.56. The van der Waals surface area contributed by atoms with Crippen LogP contribution in [0.4, 0.5) is 0 Å². The molecule has 6 heteroatoms. The van der Waals surface area contributed by atoms with E-state index >= 15 is 0 Å². The molecule has 1 atom stereocenters. The first-order valence-corrected chi connectivity index (χ1v) is 10.4. The van der Waals surface area contributed by atoms with Crippen molar-refractivity contribution in [1.29, 1.82) is 0 Å². The Hall–Kier alpha value is -1.79. The van der Waals surface area contributed by atoms with Gasteiger partial charge in [0.1, 0.15) is 11.5 Å². The van der Waals surface area contributed by atoms with E-state index in [1.807, 2.05) is 12.1 Å². The van der Waals surface area contributed by atoms with Crippen LogP contribution >= 0.6 is 0 Å². The summed E-state index contributed by atoms with van der Waals surface area (Å²) in [5, 5.41) is 0. The molecule has 1 aliphatic heterocycles. The van der Waals surface area contributed by atoms with Gasteiger partial charge in [-0.25, -0.2) is 8.42 Å². The third kappa shape index (κ3) is 3.46. The van der Waals surface area contributed by atoms with Crippen LogP contribution in [0.25, 0.3) is 0 Å². The van der Waals surface area contributed by atoms with Crippen LogP contribution in [-0.4, -0.2) is 31.9 Å². The second-order valence-corrected chi connectivity index (χ2v) is 8.80. The molecule has 1 aliphatic carbocycles. The van der Waals surface area contributed by atoms with Gasteiger partial charge in [0.15, 0.2) is 0 Å². The van der Waals surface area contributed by atoms with E-state index in [9.17, 15) is 8.42 Å². The lowest BCUT2D eigenvalue weighted by atomic mass is 10.1. The SMILES string of the molecule is O=S(=O)(c1ccc(OC2CCCC2)cc1)N1CCC(c2ccco2)C1. The molecule has 1 unspecified atom stereocenters. The van der Waals surface area contributed by atoms with Crippen LogP contribution in [0.15, 0.2) is 52.0 Å². The first-order valence-electron chi connectivity index (χ1n) is 8.93. The fourth-order valence-electron chi connectivity index (χ4n) is 3.74. The van der Waals surface area contributed by atoms with Crippen molar-refractivity contribution in [1.82, 2.24) is 4.31 Å². The van der Waals surface area contributed by atoms with Crippen LogP contribution < -0.4 is 4.74 Å². The minimum Gasteiger partial charge on any atom is -0.490 e. The zero-order valence-electron chi connectivity index (χ0n) is 14.1. The summed E-state index contributed by atoms with van der Waals surface area (Å²) in [6.45, 7) is 0.990. The number of nitrogens with zero attached hydrogens (tertiary/aromatic N) is 1. The second kappa shape index (κ2) is 6.84. The number of sulfonamides is 1. The summed E-state index contributed by atoms with van der Waals surface area (Å²) in [5.74, 6) is 1.74. The van der Waals surface area contributed by atoms with Crippen LogP contribution in [0.2, 0.25) is 0 Å². The van der Waals surface area contributed by atoms with E-state index < -0.39 is 10.0 Å². The molecule has 0 amide bonds. The van der Waals surface area contributed by atoms with Gasteiger partial charge in [-0.2, -0.15) is 4.31 Å². The summed E-state index contributed by atoms with van der Waals surface area (Å²) < 4.78 is 38.6. The monoisotopic (exact) mass is 361 g/mol. The van der Waals surface area contributed by atoms with Crippen molar-refractivity contribution in [3.63, 3.8) is 0 Å². The summed E-state index contributed by atoms with van der Waals surface area (Å²) in [6, 6.07) is 10.6. The highest BCUT2D eigenvalue weighted by Gasteiger charge is 2.34. The van der Waals surface area contributed by atoms with E-state index in [0.717, 1.165) is 30.8 Å².